The third kappa shape index (κ3) is 4.18. The molecule has 0 saturated heterocycles. The van der Waals surface area contributed by atoms with E-state index in [1.54, 1.807) is 4.68 Å². The molecule has 0 aliphatic heterocycles. The first-order valence-corrected chi connectivity index (χ1v) is 7.60. The molecular weight excluding hydrogens is 262 g/mol. The van der Waals surface area contributed by atoms with Crippen molar-refractivity contribution in [2.24, 2.45) is 7.05 Å². The van der Waals surface area contributed by atoms with E-state index >= 15 is 0 Å². The van der Waals surface area contributed by atoms with E-state index in [2.05, 4.69) is 17.3 Å². The van der Waals surface area contributed by atoms with Crippen molar-refractivity contribution < 1.29 is 4.79 Å². The minimum atomic E-state index is -0.0933. The summed E-state index contributed by atoms with van der Waals surface area (Å²) < 4.78 is 1.75. The van der Waals surface area contributed by atoms with E-state index in [4.69, 9.17) is 0 Å². The van der Waals surface area contributed by atoms with Crippen molar-refractivity contribution in [3.05, 3.63) is 42.1 Å². The summed E-state index contributed by atoms with van der Waals surface area (Å²) in [6.07, 6.45) is 4.61. The van der Waals surface area contributed by atoms with Gasteiger partial charge in [-0.3, -0.25) is 9.48 Å². The monoisotopic (exact) mass is 285 g/mol. The molecule has 0 fully saturated rings. The molecule has 2 rings (SSSR count). The first-order chi connectivity index (χ1) is 10.2. The van der Waals surface area contributed by atoms with Crippen LogP contribution in [0.1, 0.15) is 43.1 Å². The maximum Gasteiger partial charge on any atom is 0.271 e. The molecule has 2 aromatic rings. The Morgan fingerprint density at radius 1 is 1.19 bits per heavy atom. The number of nitrogens with one attached hydrogen (secondary N) is 1. The Labute approximate surface area is 126 Å². The van der Waals surface area contributed by atoms with E-state index in [0.717, 1.165) is 30.6 Å². The van der Waals surface area contributed by atoms with Crippen molar-refractivity contribution in [3.8, 4) is 11.3 Å². The molecule has 0 atom stereocenters. The lowest BCUT2D eigenvalue weighted by atomic mass is 10.1. The molecule has 1 heterocycles. The quantitative estimate of drug-likeness (QED) is 0.793. The van der Waals surface area contributed by atoms with Crippen molar-refractivity contribution >= 4 is 5.91 Å². The van der Waals surface area contributed by atoms with Gasteiger partial charge in [0.1, 0.15) is 0 Å². The second-order valence-electron chi connectivity index (χ2n) is 5.22. The maximum absolute atomic E-state index is 12.1. The second kappa shape index (κ2) is 7.62. The topological polar surface area (TPSA) is 46.9 Å². The largest absolute Gasteiger partial charge is 0.351 e. The van der Waals surface area contributed by atoms with Crippen LogP contribution in [0.2, 0.25) is 0 Å². The van der Waals surface area contributed by atoms with Crippen LogP contribution in [0.4, 0.5) is 0 Å². The highest BCUT2D eigenvalue weighted by molar-refractivity contribution is 5.93. The standard InChI is InChI=1S/C17H23N3O/c1-3-4-5-9-12-18-17(21)15-13-16(20(2)19-15)14-10-7-6-8-11-14/h6-8,10-11,13H,3-5,9,12H2,1-2H3,(H,18,21). The highest BCUT2D eigenvalue weighted by Crippen LogP contribution is 2.19. The number of aromatic nitrogens is 2. The van der Waals surface area contributed by atoms with Crippen LogP contribution in [0.15, 0.2) is 36.4 Å². The number of aryl methyl sites for hydroxylation is 1. The van der Waals surface area contributed by atoms with Crippen molar-refractivity contribution in [3.63, 3.8) is 0 Å². The van der Waals surface area contributed by atoms with Gasteiger partial charge in [-0.25, -0.2) is 0 Å². The molecule has 0 aliphatic rings. The molecule has 4 nitrogen and oxygen atoms in total. The highest BCUT2D eigenvalue weighted by atomic mass is 16.1. The normalized spacial score (nSPS) is 10.6. The van der Waals surface area contributed by atoms with Gasteiger partial charge in [0.2, 0.25) is 0 Å². The highest BCUT2D eigenvalue weighted by Gasteiger charge is 2.13. The van der Waals surface area contributed by atoms with E-state index in [9.17, 15) is 4.79 Å². The van der Waals surface area contributed by atoms with Gasteiger partial charge in [0, 0.05) is 13.6 Å². The number of amides is 1. The zero-order valence-electron chi connectivity index (χ0n) is 12.8. The van der Waals surface area contributed by atoms with Gasteiger partial charge in [-0.2, -0.15) is 5.10 Å². The Balaban J connectivity index is 1.97. The van der Waals surface area contributed by atoms with E-state index < -0.39 is 0 Å². The van der Waals surface area contributed by atoms with Crippen LogP contribution in [-0.2, 0) is 7.05 Å². The summed E-state index contributed by atoms with van der Waals surface area (Å²) in [5.41, 5.74) is 2.49. The summed E-state index contributed by atoms with van der Waals surface area (Å²) in [5.74, 6) is -0.0933. The Hall–Kier alpha value is -2.10. The van der Waals surface area contributed by atoms with Crippen molar-refractivity contribution in [2.75, 3.05) is 6.54 Å². The summed E-state index contributed by atoms with van der Waals surface area (Å²) in [7, 11) is 1.86. The molecule has 112 valence electrons. The predicted octanol–water partition coefficient (Wildman–Crippen LogP) is 3.40. The SMILES string of the molecule is CCCCCCNC(=O)c1cc(-c2ccccc2)n(C)n1. The van der Waals surface area contributed by atoms with Crippen LogP contribution in [0.3, 0.4) is 0 Å². The molecule has 21 heavy (non-hydrogen) atoms. The number of carbonyl (C=O) groups is 1. The summed E-state index contributed by atoms with van der Waals surface area (Å²) in [5, 5.41) is 7.24. The molecule has 1 N–H and O–H groups in total. The predicted molar refractivity (Wildman–Crippen MR) is 85.1 cm³/mol. The van der Waals surface area contributed by atoms with Gasteiger partial charge in [-0.1, -0.05) is 56.5 Å². The number of carbonyl (C=O) groups excluding carboxylic acids is 1. The third-order valence-electron chi connectivity index (χ3n) is 3.50. The van der Waals surface area contributed by atoms with Crippen molar-refractivity contribution in [1.82, 2.24) is 15.1 Å². The fraction of sp³-hybridized carbons (Fsp3) is 0.412. The van der Waals surface area contributed by atoms with Crippen LogP contribution in [0.25, 0.3) is 11.3 Å². The zero-order valence-corrected chi connectivity index (χ0v) is 12.8. The lowest BCUT2D eigenvalue weighted by Gasteiger charge is -2.02. The molecule has 1 aromatic carbocycles. The summed E-state index contributed by atoms with van der Waals surface area (Å²) in [6, 6.07) is 11.8. The molecule has 0 saturated carbocycles. The number of rotatable bonds is 7. The molecule has 0 radical (unpaired) electrons. The minimum absolute atomic E-state index is 0.0933. The number of nitrogens with zero attached hydrogens (tertiary/aromatic N) is 2. The fourth-order valence-corrected chi connectivity index (χ4v) is 2.30. The van der Waals surface area contributed by atoms with Gasteiger partial charge < -0.3 is 5.32 Å². The Morgan fingerprint density at radius 2 is 1.95 bits per heavy atom. The van der Waals surface area contributed by atoms with Gasteiger partial charge in [0.15, 0.2) is 5.69 Å². The van der Waals surface area contributed by atoms with E-state index in [1.165, 1.54) is 12.8 Å². The summed E-state index contributed by atoms with van der Waals surface area (Å²) in [6.45, 7) is 2.90. The molecule has 0 bridgehead atoms. The minimum Gasteiger partial charge on any atom is -0.351 e. The average Bonchev–Trinajstić information content (AvgIpc) is 2.90. The first-order valence-electron chi connectivity index (χ1n) is 7.60. The summed E-state index contributed by atoms with van der Waals surface area (Å²) >= 11 is 0. The molecule has 0 spiro atoms. The number of benzene rings is 1. The lowest BCUT2D eigenvalue weighted by Crippen LogP contribution is -2.24. The van der Waals surface area contributed by atoms with Crippen LogP contribution in [0.5, 0.6) is 0 Å². The maximum atomic E-state index is 12.1. The van der Waals surface area contributed by atoms with E-state index in [0.29, 0.717) is 5.69 Å². The second-order valence-corrected chi connectivity index (χ2v) is 5.22. The van der Waals surface area contributed by atoms with Gasteiger partial charge in [-0.15, -0.1) is 0 Å². The fourth-order valence-electron chi connectivity index (χ4n) is 2.30. The Kier molecular flexibility index (Phi) is 5.55. The lowest BCUT2D eigenvalue weighted by molar-refractivity contribution is 0.0947. The molecule has 4 heteroatoms. The van der Waals surface area contributed by atoms with Gasteiger partial charge in [0.25, 0.3) is 5.91 Å². The van der Waals surface area contributed by atoms with E-state index in [1.807, 2.05) is 43.4 Å². The number of hydrogen-bond acceptors (Lipinski definition) is 2. The molecule has 0 unspecified atom stereocenters. The molecule has 1 aromatic heterocycles. The smallest absolute Gasteiger partial charge is 0.271 e. The van der Waals surface area contributed by atoms with Crippen LogP contribution < -0.4 is 5.32 Å². The molecular formula is C17H23N3O. The van der Waals surface area contributed by atoms with Gasteiger partial charge >= 0.3 is 0 Å². The van der Waals surface area contributed by atoms with Crippen LogP contribution in [0, 0.1) is 0 Å². The van der Waals surface area contributed by atoms with Crippen LogP contribution >= 0.6 is 0 Å². The average molecular weight is 285 g/mol. The Bertz CT molecular complexity index is 575. The van der Waals surface area contributed by atoms with Crippen molar-refractivity contribution in [2.45, 2.75) is 32.6 Å². The van der Waals surface area contributed by atoms with Gasteiger partial charge in [-0.05, 0) is 18.1 Å². The Morgan fingerprint density at radius 3 is 2.67 bits per heavy atom. The zero-order chi connectivity index (χ0) is 15.1. The third-order valence-corrected chi connectivity index (χ3v) is 3.50. The first kappa shape index (κ1) is 15.3. The summed E-state index contributed by atoms with van der Waals surface area (Å²) in [4.78, 5) is 12.1. The van der Waals surface area contributed by atoms with Crippen molar-refractivity contribution in [1.29, 1.82) is 0 Å². The van der Waals surface area contributed by atoms with E-state index in [-0.39, 0.29) is 5.91 Å². The molecule has 1 amide bonds. The molecule has 0 aliphatic carbocycles. The van der Waals surface area contributed by atoms with Gasteiger partial charge in [0.05, 0.1) is 5.69 Å². The number of hydrogen-bond donors (Lipinski definition) is 1. The van der Waals surface area contributed by atoms with Crippen LogP contribution in [-0.4, -0.2) is 22.2 Å². The number of unbranched alkanes of at least 4 members (excludes halogenated alkanes) is 3.